The Kier molecular flexibility index (Phi) is 13.2. The number of hydrogen-bond acceptors (Lipinski definition) is 8. The Morgan fingerprint density at radius 1 is 0.826 bits per heavy atom. The van der Waals surface area contributed by atoms with Gasteiger partial charge < -0.3 is 30.2 Å². The molecule has 0 unspecified atom stereocenters. The van der Waals surface area contributed by atoms with Gasteiger partial charge in [-0.3, -0.25) is 14.5 Å². The summed E-state index contributed by atoms with van der Waals surface area (Å²) in [6.07, 6.45) is -1.43. The van der Waals surface area contributed by atoms with Crippen LogP contribution in [-0.4, -0.2) is 72.8 Å². The van der Waals surface area contributed by atoms with Crippen LogP contribution in [0.25, 0.3) is 0 Å². The first-order valence-corrected chi connectivity index (χ1v) is 15.1. The lowest BCUT2D eigenvalue weighted by Crippen LogP contribution is -2.54. The molecule has 0 aliphatic carbocycles. The van der Waals surface area contributed by atoms with Gasteiger partial charge in [0.2, 0.25) is 11.8 Å². The van der Waals surface area contributed by atoms with Gasteiger partial charge in [0.1, 0.15) is 30.3 Å². The normalized spacial score (nSPS) is 13.5. The van der Waals surface area contributed by atoms with Crippen molar-refractivity contribution in [1.29, 1.82) is 0 Å². The average Bonchev–Trinajstić information content (AvgIpc) is 2.98. The molecule has 0 aliphatic heterocycles. The van der Waals surface area contributed by atoms with E-state index in [0.29, 0.717) is 11.3 Å². The van der Waals surface area contributed by atoms with E-state index in [4.69, 9.17) is 14.2 Å². The zero-order valence-electron chi connectivity index (χ0n) is 28.4. The van der Waals surface area contributed by atoms with Crippen molar-refractivity contribution in [1.82, 2.24) is 15.5 Å². The molecule has 3 atom stereocenters. The summed E-state index contributed by atoms with van der Waals surface area (Å²) in [5.41, 5.74) is 0.458. The molecule has 2 aromatic rings. The standard InChI is InChI=1S/C34H48N4O8/c1-21(2)26(37-31(42)46-33(4,5)6)29(40)35-22(3)28(39)36-25-18-16-23(17-19-25)20-45-32(43)38(9)27(30(41)44-10)34(7,8)24-14-12-11-13-15-24/h11-19,21-22,26-27H,20H2,1-10H3,(H,35,40)(H,36,39)(H,37,42)/t22-,26-,27+/m0/s1. The Balaban J connectivity index is 1.98. The van der Waals surface area contributed by atoms with Gasteiger partial charge in [-0.05, 0) is 56.9 Å². The monoisotopic (exact) mass is 640 g/mol. The minimum atomic E-state index is -0.948. The molecule has 0 fully saturated rings. The second kappa shape index (κ2) is 16.1. The van der Waals surface area contributed by atoms with Gasteiger partial charge in [0.25, 0.3) is 0 Å². The number of likely N-dealkylation sites (N-methyl/N-ethyl adjacent to an activating group) is 1. The fraction of sp³-hybridized carbons (Fsp3) is 0.500. The SMILES string of the molecule is COC(=O)[C@@H](N(C)C(=O)OCc1ccc(NC(=O)[C@H](C)NC(=O)[C@@H](NC(=O)OC(C)(C)C)C(C)C)cc1)C(C)(C)c1ccccc1. The molecule has 0 spiro atoms. The first-order chi connectivity index (χ1) is 21.4. The van der Waals surface area contributed by atoms with Crippen molar-refractivity contribution in [2.45, 2.75) is 91.1 Å². The van der Waals surface area contributed by atoms with Gasteiger partial charge in [-0.15, -0.1) is 0 Å². The fourth-order valence-corrected chi connectivity index (χ4v) is 4.70. The smallest absolute Gasteiger partial charge is 0.410 e. The van der Waals surface area contributed by atoms with Crippen LogP contribution < -0.4 is 16.0 Å². The number of anilines is 1. The minimum Gasteiger partial charge on any atom is -0.467 e. The largest absolute Gasteiger partial charge is 0.467 e. The van der Waals surface area contributed by atoms with Gasteiger partial charge in [0.15, 0.2) is 0 Å². The van der Waals surface area contributed by atoms with Crippen molar-refractivity contribution in [3.63, 3.8) is 0 Å². The predicted molar refractivity (Wildman–Crippen MR) is 174 cm³/mol. The molecule has 0 bridgehead atoms. The zero-order valence-corrected chi connectivity index (χ0v) is 28.4. The summed E-state index contributed by atoms with van der Waals surface area (Å²) in [5, 5.41) is 7.92. The molecule has 252 valence electrons. The Hall–Kier alpha value is -4.61. The van der Waals surface area contributed by atoms with Gasteiger partial charge in [-0.1, -0.05) is 70.2 Å². The Morgan fingerprint density at radius 2 is 1.41 bits per heavy atom. The molecule has 0 saturated heterocycles. The number of benzene rings is 2. The quantitative estimate of drug-likeness (QED) is 0.222. The number of nitrogens with one attached hydrogen (secondary N) is 3. The molecule has 3 N–H and O–H groups in total. The van der Waals surface area contributed by atoms with Gasteiger partial charge in [-0.2, -0.15) is 0 Å². The van der Waals surface area contributed by atoms with Crippen LogP contribution in [0.2, 0.25) is 0 Å². The first kappa shape index (κ1) is 37.6. The molecule has 4 amide bonds. The van der Waals surface area contributed by atoms with Crippen LogP contribution in [0.4, 0.5) is 15.3 Å². The molecule has 0 radical (unpaired) electrons. The topological polar surface area (TPSA) is 152 Å². The maximum Gasteiger partial charge on any atom is 0.410 e. The van der Waals surface area contributed by atoms with Gasteiger partial charge in [-0.25, -0.2) is 14.4 Å². The van der Waals surface area contributed by atoms with Crippen LogP contribution in [-0.2, 0) is 40.6 Å². The fourth-order valence-electron chi connectivity index (χ4n) is 4.70. The lowest BCUT2D eigenvalue weighted by molar-refractivity contribution is -0.148. The zero-order chi connectivity index (χ0) is 34.8. The summed E-state index contributed by atoms with van der Waals surface area (Å²) in [6, 6.07) is 13.2. The molecule has 0 aromatic heterocycles. The number of carbonyl (C=O) groups is 5. The van der Waals surface area contributed by atoms with Crippen molar-refractivity contribution in [3.8, 4) is 0 Å². The van der Waals surface area contributed by atoms with E-state index in [-0.39, 0.29) is 12.5 Å². The molecule has 2 aromatic carbocycles. The molecule has 12 heteroatoms. The number of methoxy groups -OCH3 is 1. The highest BCUT2D eigenvalue weighted by molar-refractivity contribution is 5.98. The molecule has 0 aliphatic rings. The van der Waals surface area contributed by atoms with Crippen molar-refractivity contribution in [2.75, 3.05) is 19.5 Å². The summed E-state index contributed by atoms with van der Waals surface area (Å²) < 4.78 is 15.8. The maximum absolute atomic E-state index is 13.0. The van der Waals surface area contributed by atoms with Crippen LogP contribution in [0.5, 0.6) is 0 Å². The number of ether oxygens (including phenoxy) is 3. The number of amides is 4. The Morgan fingerprint density at radius 3 is 1.93 bits per heavy atom. The number of rotatable bonds is 12. The molecule has 2 rings (SSSR count). The predicted octanol–water partition coefficient (Wildman–Crippen LogP) is 4.77. The van der Waals surface area contributed by atoms with Crippen LogP contribution in [0.3, 0.4) is 0 Å². The highest BCUT2D eigenvalue weighted by Gasteiger charge is 2.43. The van der Waals surface area contributed by atoms with Crippen LogP contribution in [0, 0.1) is 5.92 Å². The maximum atomic E-state index is 13.0. The third-order valence-electron chi connectivity index (χ3n) is 7.26. The molecule has 0 heterocycles. The molecule has 46 heavy (non-hydrogen) atoms. The summed E-state index contributed by atoms with van der Waals surface area (Å²) in [5.74, 6) is -1.82. The van der Waals surface area contributed by atoms with Gasteiger partial charge >= 0.3 is 18.2 Å². The number of esters is 1. The number of carbonyl (C=O) groups excluding carboxylic acids is 5. The second-order valence-corrected chi connectivity index (χ2v) is 13.0. The second-order valence-electron chi connectivity index (χ2n) is 13.0. The average molecular weight is 641 g/mol. The van der Waals surface area contributed by atoms with Crippen LogP contribution in [0.15, 0.2) is 54.6 Å². The number of nitrogens with zero attached hydrogens (tertiary/aromatic N) is 1. The highest BCUT2D eigenvalue weighted by atomic mass is 16.6. The summed E-state index contributed by atoms with van der Waals surface area (Å²) in [4.78, 5) is 64.9. The van der Waals surface area contributed by atoms with E-state index >= 15 is 0 Å². The third-order valence-corrected chi connectivity index (χ3v) is 7.26. The van der Waals surface area contributed by atoms with Crippen molar-refractivity contribution < 1.29 is 38.2 Å². The van der Waals surface area contributed by atoms with E-state index in [1.54, 1.807) is 58.9 Å². The van der Waals surface area contributed by atoms with Gasteiger partial charge in [0.05, 0.1) is 7.11 Å². The minimum absolute atomic E-state index is 0.0786. The van der Waals surface area contributed by atoms with Crippen molar-refractivity contribution >= 4 is 35.7 Å². The van der Waals surface area contributed by atoms with Crippen molar-refractivity contribution in [3.05, 3.63) is 65.7 Å². The van der Waals surface area contributed by atoms with Crippen LogP contribution in [0.1, 0.15) is 66.5 Å². The lowest BCUT2D eigenvalue weighted by atomic mass is 9.77. The van der Waals surface area contributed by atoms with Crippen molar-refractivity contribution in [2.24, 2.45) is 5.92 Å². The van der Waals surface area contributed by atoms with Gasteiger partial charge in [0, 0.05) is 18.2 Å². The lowest BCUT2D eigenvalue weighted by Gasteiger charge is -2.38. The number of hydrogen-bond donors (Lipinski definition) is 3. The molecule has 0 saturated carbocycles. The van der Waals surface area contributed by atoms with E-state index in [1.807, 2.05) is 44.2 Å². The van der Waals surface area contributed by atoms with E-state index in [2.05, 4.69) is 16.0 Å². The van der Waals surface area contributed by atoms with E-state index in [1.165, 1.54) is 26.0 Å². The van der Waals surface area contributed by atoms with E-state index < -0.39 is 59.1 Å². The van der Waals surface area contributed by atoms with E-state index in [0.717, 1.165) is 5.56 Å². The summed E-state index contributed by atoms with van der Waals surface area (Å²) in [6.45, 7) is 13.9. The summed E-state index contributed by atoms with van der Waals surface area (Å²) >= 11 is 0. The Labute approximate surface area is 271 Å². The molecular formula is C34H48N4O8. The molecular weight excluding hydrogens is 592 g/mol. The number of alkyl carbamates (subject to hydrolysis) is 1. The third kappa shape index (κ3) is 10.8. The first-order valence-electron chi connectivity index (χ1n) is 15.1. The van der Waals surface area contributed by atoms with E-state index in [9.17, 15) is 24.0 Å². The molecule has 12 nitrogen and oxygen atoms in total. The highest BCUT2D eigenvalue weighted by Crippen LogP contribution is 2.31. The summed E-state index contributed by atoms with van der Waals surface area (Å²) in [7, 11) is 2.76. The Bertz CT molecular complexity index is 1350. The van der Waals surface area contributed by atoms with Crippen LogP contribution >= 0.6 is 0 Å².